The first-order valence-electron chi connectivity index (χ1n) is 7.78. The van der Waals surface area contributed by atoms with E-state index in [1.165, 1.54) is 0 Å². The first-order valence-corrected chi connectivity index (χ1v) is 7.78. The number of aromatic nitrogens is 2. The lowest BCUT2D eigenvalue weighted by molar-refractivity contribution is -0.116. The van der Waals surface area contributed by atoms with Crippen LogP contribution in [0.1, 0.15) is 30.4 Å². The Labute approximate surface area is 140 Å². The van der Waals surface area contributed by atoms with Crippen LogP contribution in [0.25, 0.3) is 0 Å². The maximum Gasteiger partial charge on any atom is 0.226 e. The molecule has 0 radical (unpaired) electrons. The van der Waals surface area contributed by atoms with E-state index in [0.717, 1.165) is 16.9 Å². The molecule has 0 fully saturated rings. The number of nitrogens with one attached hydrogen (secondary N) is 1. The van der Waals surface area contributed by atoms with Crippen molar-refractivity contribution in [1.82, 2.24) is 9.78 Å². The van der Waals surface area contributed by atoms with Gasteiger partial charge in [0, 0.05) is 24.4 Å². The van der Waals surface area contributed by atoms with E-state index in [1.54, 1.807) is 26.0 Å². The Balaban J connectivity index is 2.12. The SMILES string of the molecule is CCn1ncc2c1NC(=O)CC2c1cc(OC)c(OC)c(OC)c1. The lowest BCUT2D eigenvalue weighted by atomic mass is 9.87. The van der Waals surface area contributed by atoms with Crippen molar-refractivity contribution in [3.8, 4) is 17.2 Å². The van der Waals surface area contributed by atoms with Crippen LogP contribution in [-0.2, 0) is 11.3 Å². The summed E-state index contributed by atoms with van der Waals surface area (Å²) in [5, 5.41) is 7.27. The summed E-state index contributed by atoms with van der Waals surface area (Å²) in [7, 11) is 4.72. The molecule has 0 bridgehead atoms. The fourth-order valence-electron chi connectivity index (χ4n) is 3.11. The van der Waals surface area contributed by atoms with Gasteiger partial charge < -0.3 is 19.5 Å². The Hall–Kier alpha value is -2.70. The van der Waals surface area contributed by atoms with Crippen LogP contribution >= 0.6 is 0 Å². The van der Waals surface area contributed by atoms with E-state index in [1.807, 2.05) is 25.3 Å². The number of fused-ring (bicyclic) bond motifs is 1. The summed E-state index contributed by atoms with van der Waals surface area (Å²) in [6.45, 7) is 2.68. The van der Waals surface area contributed by atoms with E-state index in [0.29, 0.717) is 30.2 Å². The topological polar surface area (TPSA) is 74.6 Å². The van der Waals surface area contributed by atoms with Gasteiger partial charge in [-0.1, -0.05) is 0 Å². The van der Waals surface area contributed by atoms with E-state index < -0.39 is 0 Å². The van der Waals surface area contributed by atoms with E-state index in [2.05, 4.69) is 10.4 Å². The second-order valence-corrected chi connectivity index (χ2v) is 5.53. The van der Waals surface area contributed by atoms with Gasteiger partial charge in [0.25, 0.3) is 0 Å². The molecule has 1 aliphatic heterocycles. The van der Waals surface area contributed by atoms with Gasteiger partial charge in [-0.25, -0.2) is 4.68 Å². The van der Waals surface area contributed by atoms with Crippen LogP contribution in [0.2, 0.25) is 0 Å². The standard InChI is InChI=1S/C17H21N3O4/c1-5-20-17-12(9-18-20)11(8-15(21)19-17)10-6-13(22-2)16(24-4)14(7-10)23-3/h6-7,9,11H,5,8H2,1-4H3,(H,19,21). The molecule has 2 aromatic rings. The highest BCUT2D eigenvalue weighted by Gasteiger charge is 2.31. The third kappa shape index (κ3) is 2.55. The Kier molecular flexibility index (Phi) is 4.33. The largest absolute Gasteiger partial charge is 0.493 e. The zero-order valence-electron chi connectivity index (χ0n) is 14.3. The molecule has 1 amide bonds. The fraction of sp³-hybridized carbons (Fsp3) is 0.412. The lowest BCUT2D eigenvalue weighted by Gasteiger charge is -2.25. The smallest absolute Gasteiger partial charge is 0.226 e. The van der Waals surface area contributed by atoms with Gasteiger partial charge in [0.15, 0.2) is 11.5 Å². The van der Waals surface area contributed by atoms with Crippen LogP contribution in [0.3, 0.4) is 0 Å². The van der Waals surface area contributed by atoms with Crippen LogP contribution in [0.15, 0.2) is 18.3 Å². The highest BCUT2D eigenvalue weighted by atomic mass is 16.5. The van der Waals surface area contributed by atoms with Crippen LogP contribution in [0.5, 0.6) is 17.2 Å². The van der Waals surface area contributed by atoms with E-state index >= 15 is 0 Å². The van der Waals surface area contributed by atoms with Crippen molar-refractivity contribution in [3.63, 3.8) is 0 Å². The summed E-state index contributed by atoms with van der Waals surface area (Å²) in [4.78, 5) is 12.2. The second kappa shape index (κ2) is 6.43. The Morgan fingerprint density at radius 2 is 1.88 bits per heavy atom. The molecule has 1 N–H and O–H groups in total. The van der Waals surface area contributed by atoms with Gasteiger partial charge in [-0.3, -0.25) is 4.79 Å². The predicted molar refractivity (Wildman–Crippen MR) is 89.1 cm³/mol. The molecule has 0 spiro atoms. The maximum atomic E-state index is 12.2. The van der Waals surface area contributed by atoms with Crippen molar-refractivity contribution in [3.05, 3.63) is 29.5 Å². The molecule has 7 nitrogen and oxygen atoms in total. The number of rotatable bonds is 5. The van der Waals surface area contributed by atoms with Gasteiger partial charge in [0.2, 0.25) is 11.7 Å². The third-order valence-corrected chi connectivity index (χ3v) is 4.28. The highest BCUT2D eigenvalue weighted by molar-refractivity contribution is 5.94. The zero-order valence-corrected chi connectivity index (χ0v) is 14.3. The zero-order chi connectivity index (χ0) is 17.3. The fourth-order valence-corrected chi connectivity index (χ4v) is 3.11. The van der Waals surface area contributed by atoms with Gasteiger partial charge in [-0.2, -0.15) is 5.10 Å². The third-order valence-electron chi connectivity index (χ3n) is 4.28. The summed E-state index contributed by atoms with van der Waals surface area (Å²) in [5.41, 5.74) is 1.92. The van der Waals surface area contributed by atoms with Crippen LogP contribution in [0.4, 0.5) is 5.82 Å². The van der Waals surface area contributed by atoms with Crippen molar-refractivity contribution >= 4 is 11.7 Å². The van der Waals surface area contributed by atoms with Crippen LogP contribution in [0, 0.1) is 0 Å². The second-order valence-electron chi connectivity index (χ2n) is 5.53. The normalized spacial score (nSPS) is 16.3. The van der Waals surface area contributed by atoms with Crippen molar-refractivity contribution in [2.75, 3.05) is 26.6 Å². The van der Waals surface area contributed by atoms with Crippen LogP contribution in [-0.4, -0.2) is 37.0 Å². The number of carbonyl (C=O) groups is 1. The van der Waals surface area contributed by atoms with Crippen molar-refractivity contribution < 1.29 is 19.0 Å². The van der Waals surface area contributed by atoms with Crippen LogP contribution < -0.4 is 19.5 Å². The number of amides is 1. The van der Waals surface area contributed by atoms with Gasteiger partial charge in [0.05, 0.1) is 27.5 Å². The van der Waals surface area contributed by atoms with E-state index in [-0.39, 0.29) is 11.8 Å². The number of carbonyl (C=O) groups excluding carboxylic acids is 1. The molecule has 7 heteroatoms. The van der Waals surface area contributed by atoms with Gasteiger partial charge >= 0.3 is 0 Å². The number of aryl methyl sites for hydroxylation is 1. The summed E-state index contributed by atoms with van der Waals surface area (Å²) in [6, 6.07) is 3.77. The van der Waals surface area contributed by atoms with Gasteiger partial charge in [0.1, 0.15) is 5.82 Å². The minimum absolute atomic E-state index is 0.0311. The average molecular weight is 331 g/mol. The number of hydrogen-bond donors (Lipinski definition) is 1. The molecule has 0 saturated carbocycles. The molecular formula is C17H21N3O4. The molecule has 24 heavy (non-hydrogen) atoms. The lowest BCUT2D eigenvalue weighted by Crippen LogP contribution is -2.24. The summed E-state index contributed by atoms with van der Waals surface area (Å²) >= 11 is 0. The molecular weight excluding hydrogens is 310 g/mol. The minimum Gasteiger partial charge on any atom is -0.493 e. The monoisotopic (exact) mass is 331 g/mol. The van der Waals surface area contributed by atoms with E-state index in [4.69, 9.17) is 14.2 Å². The molecule has 1 aromatic heterocycles. The molecule has 1 unspecified atom stereocenters. The first-order chi connectivity index (χ1) is 11.6. The Morgan fingerprint density at radius 1 is 1.21 bits per heavy atom. The number of hydrogen-bond acceptors (Lipinski definition) is 5. The molecule has 128 valence electrons. The summed E-state index contributed by atoms with van der Waals surface area (Å²) in [5.74, 6) is 2.30. The first kappa shape index (κ1) is 16.2. The number of methoxy groups -OCH3 is 3. The maximum absolute atomic E-state index is 12.2. The van der Waals surface area contributed by atoms with Crippen molar-refractivity contribution in [2.45, 2.75) is 25.8 Å². The average Bonchev–Trinajstić information content (AvgIpc) is 3.02. The molecule has 0 saturated heterocycles. The molecule has 2 heterocycles. The summed E-state index contributed by atoms with van der Waals surface area (Å²) < 4.78 is 18.0. The van der Waals surface area contributed by atoms with Crippen molar-refractivity contribution in [1.29, 1.82) is 0 Å². The number of anilines is 1. The molecule has 1 aromatic carbocycles. The minimum atomic E-state index is -0.109. The molecule has 1 atom stereocenters. The molecule has 0 aliphatic carbocycles. The Bertz CT molecular complexity index is 744. The highest BCUT2D eigenvalue weighted by Crippen LogP contribution is 2.44. The molecule has 1 aliphatic rings. The van der Waals surface area contributed by atoms with Gasteiger partial charge in [-0.05, 0) is 24.6 Å². The van der Waals surface area contributed by atoms with E-state index in [9.17, 15) is 4.79 Å². The molecule has 3 rings (SSSR count). The van der Waals surface area contributed by atoms with Gasteiger partial charge in [-0.15, -0.1) is 0 Å². The summed E-state index contributed by atoms with van der Waals surface area (Å²) in [6.07, 6.45) is 2.16. The number of nitrogens with zero attached hydrogens (tertiary/aromatic N) is 2. The quantitative estimate of drug-likeness (QED) is 0.910. The number of ether oxygens (including phenoxy) is 3. The number of benzene rings is 1. The predicted octanol–water partition coefficient (Wildman–Crippen LogP) is 2.40. The van der Waals surface area contributed by atoms with Crippen molar-refractivity contribution in [2.24, 2.45) is 0 Å². The Morgan fingerprint density at radius 3 is 2.42 bits per heavy atom.